The second-order valence-corrected chi connectivity index (χ2v) is 11.8. The maximum absolute atomic E-state index is 16.1. The number of benzene rings is 2. The van der Waals surface area contributed by atoms with Gasteiger partial charge in [-0.1, -0.05) is 18.2 Å². The number of nitrogens with zero attached hydrogens (tertiary/aromatic N) is 8. The van der Waals surface area contributed by atoms with Crippen LogP contribution in [0.2, 0.25) is 0 Å². The Hall–Kier alpha value is -5.16. The molecule has 10 nitrogen and oxygen atoms in total. The highest BCUT2D eigenvalue weighted by atomic mass is 19.4. The van der Waals surface area contributed by atoms with Gasteiger partial charge in [-0.2, -0.15) is 22.0 Å². The molecule has 2 N–H and O–H groups in total. The molecular formula is C33H29F7N8O2. The zero-order chi connectivity index (χ0) is 35.7. The molecule has 2 atom stereocenters. The van der Waals surface area contributed by atoms with E-state index < -0.39 is 59.7 Å². The second-order valence-electron chi connectivity index (χ2n) is 11.8. The van der Waals surface area contributed by atoms with Crippen molar-refractivity contribution in [1.29, 1.82) is 0 Å². The third-order valence-corrected chi connectivity index (χ3v) is 8.51. The number of aliphatic hydroxyl groups is 2. The first-order valence-electron chi connectivity index (χ1n) is 15.3. The minimum Gasteiger partial charge on any atom is -0.386 e. The van der Waals surface area contributed by atoms with Crippen LogP contribution < -0.4 is 9.80 Å². The first-order valence-corrected chi connectivity index (χ1v) is 15.3. The summed E-state index contributed by atoms with van der Waals surface area (Å²) in [6, 6.07) is 14.7. The Kier molecular flexibility index (Phi) is 9.46. The Morgan fingerprint density at radius 1 is 0.760 bits per heavy atom. The van der Waals surface area contributed by atoms with Crippen molar-refractivity contribution < 1.29 is 40.9 Å². The molecule has 0 aliphatic carbocycles. The number of alkyl halides is 5. The van der Waals surface area contributed by atoms with Gasteiger partial charge >= 0.3 is 12.1 Å². The van der Waals surface area contributed by atoms with Crippen LogP contribution in [-0.2, 0) is 18.1 Å². The predicted octanol–water partition coefficient (Wildman–Crippen LogP) is 5.40. The van der Waals surface area contributed by atoms with Crippen LogP contribution in [0.25, 0.3) is 11.1 Å². The summed E-state index contributed by atoms with van der Waals surface area (Å²) in [6.45, 7) is 1.51. The van der Waals surface area contributed by atoms with Crippen LogP contribution in [0.1, 0.15) is 29.5 Å². The number of tetrazole rings is 1. The van der Waals surface area contributed by atoms with E-state index >= 15 is 8.78 Å². The van der Waals surface area contributed by atoms with Crippen LogP contribution in [0, 0.1) is 11.6 Å². The summed E-state index contributed by atoms with van der Waals surface area (Å²) < 4.78 is 99.2. The monoisotopic (exact) mass is 702 g/mol. The zero-order valence-electron chi connectivity index (χ0n) is 26.0. The molecule has 4 heterocycles. The van der Waals surface area contributed by atoms with Crippen molar-refractivity contribution in [2.24, 2.45) is 0 Å². The molecule has 1 unspecified atom stereocenters. The second kappa shape index (κ2) is 13.6. The smallest absolute Gasteiger partial charge is 0.386 e. The zero-order valence-corrected chi connectivity index (χ0v) is 26.0. The van der Waals surface area contributed by atoms with Crippen molar-refractivity contribution in [2.75, 3.05) is 36.0 Å². The Bertz CT molecular complexity index is 1890. The van der Waals surface area contributed by atoms with Gasteiger partial charge in [0.05, 0.1) is 30.5 Å². The van der Waals surface area contributed by atoms with E-state index in [0.717, 1.165) is 40.6 Å². The lowest BCUT2D eigenvalue weighted by molar-refractivity contribution is -0.207. The number of halogens is 7. The first-order chi connectivity index (χ1) is 23.7. The van der Waals surface area contributed by atoms with Crippen molar-refractivity contribution in [2.45, 2.75) is 36.8 Å². The molecule has 2 aromatic carbocycles. The molecule has 0 saturated carbocycles. The van der Waals surface area contributed by atoms with Crippen LogP contribution in [0.3, 0.4) is 0 Å². The standard InChI is InChI=1S/C33H29F7N8O2/c34-23-4-8-26(27(35)15-23)31(50,19-48-20-43-44-45-48)33(39,40)30-10-3-22(17-42-30)21-1-5-24(6-2-21)46-11-13-47(14-12-46)25-7-9-28(41-18-25)29(49)16-32(36,37)38/h1-10,15,17-18,20,29,49-50H,11-14,16,19H2/t29?,31-/m0/s1. The Balaban J connectivity index is 1.12. The molecule has 3 aromatic heterocycles. The molecule has 17 heteroatoms. The van der Waals surface area contributed by atoms with Gasteiger partial charge in [-0.25, -0.2) is 13.5 Å². The summed E-state index contributed by atoms with van der Waals surface area (Å²) >= 11 is 0. The Labute approximate surface area is 280 Å². The third-order valence-electron chi connectivity index (χ3n) is 8.51. The van der Waals surface area contributed by atoms with Gasteiger partial charge in [0.15, 0.2) is 5.60 Å². The van der Waals surface area contributed by atoms with Gasteiger partial charge in [0.1, 0.15) is 29.8 Å². The maximum Gasteiger partial charge on any atom is 0.391 e. The molecule has 0 bridgehead atoms. The van der Waals surface area contributed by atoms with Gasteiger partial charge in [0.25, 0.3) is 0 Å². The quantitative estimate of drug-likeness (QED) is 0.185. The molecule has 0 spiro atoms. The van der Waals surface area contributed by atoms with Crippen molar-refractivity contribution in [3.05, 3.63) is 114 Å². The lowest BCUT2D eigenvalue weighted by atomic mass is 9.84. The number of aliphatic hydroxyl groups excluding tert-OH is 1. The van der Waals surface area contributed by atoms with Crippen molar-refractivity contribution in [1.82, 2.24) is 30.2 Å². The molecule has 0 amide bonds. The van der Waals surface area contributed by atoms with Crippen LogP contribution in [0.4, 0.5) is 42.1 Å². The Morgan fingerprint density at radius 3 is 1.98 bits per heavy atom. The maximum atomic E-state index is 16.1. The summed E-state index contributed by atoms with van der Waals surface area (Å²) in [6.07, 6.45) is -3.98. The average Bonchev–Trinajstić information content (AvgIpc) is 3.60. The number of rotatable bonds is 10. The topological polar surface area (TPSA) is 116 Å². The average molecular weight is 703 g/mol. The van der Waals surface area contributed by atoms with Gasteiger partial charge in [0, 0.05) is 55.3 Å². The van der Waals surface area contributed by atoms with Gasteiger partial charge in [-0.3, -0.25) is 9.97 Å². The van der Waals surface area contributed by atoms with Crippen LogP contribution >= 0.6 is 0 Å². The summed E-state index contributed by atoms with van der Waals surface area (Å²) in [4.78, 5) is 12.1. The molecule has 1 fully saturated rings. The summed E-state index contributed by atoms with van der Waals surface area (Å²) in [7, 11) is 0. The van der Waals surface area contributed by atoms with Gasteiger partial charge in [-0.15, -0.1) is 5.10 Å². The molecule has 5 aromatic rings. The summed E-state index contributed by atoms with van der Waals surface area (Å²) in [5.41, 5.74) is -2.24. The fourth-order valence-corrected chi connectivity index (χ4v) is 5.82. The summed E-state index contributed by atoms with van der Waals surface area (Å²) in [5.74, 6) is -6.58. The van der Waals surface area contributed by atoms with Gasteiger partial charge in [-0.05, 0) is 58.5 Å². The van der Waals surface area contributed by atoms with E-state index in [2.05, 4.69) is 30.4 Å². The fraction of sp³-hybridized carbons (Fsp3) is 0.303. The molecule has 262 valence electrons. The fourth-order valence-electron chi connectivity index (χ4n) is 5.82. The number of pyridine rings is 2. The largest absolute Gasteiger partial charge is 0.391 e. The lowest BCUT2D eigenvalue weighted by Crippen LogP contribution is -2.48. The van der Waals surface area contributed by atoms with Crippen molar-refractivity contribution in [3.63, 3.8) is 0 Å². The molecule has 0 radical (unpaired) electrons. The molecular weight excluding hydrogens is 673 g/mol. The number of piperazine rings is 1. The highest BCUT2D eigenvalue weighted by molar-refractivity contribution is 5.66. The van der Waals surface area contributed by atoms with Gasteiger partial charge < -0.3 is 20.0 Å². The van der Waals surface area contributed by atoms with E-state index in [1.807, 2.05) is 17.0 Å². The normalized spacial score (nSPS) is 15.9. The third kappa shape index (κ3) is 7.23. The summed E-state index contributed by atoms with van der Waals surface area (Å²) in [5, 5.41) is 31.4. The van der Waals surface area contributed by atoms with Crippen molar-refractivity contribution >= 4 is 11.4 Å². The molecule has 1 aliphatic heterocycles. The van der Waals surface area contributed by atoms with E-state index in [0.29, 0.717) is 43.4 Å². The van der Waals surface area contributed by atoms with Crippen LogP contribution in [0.15, 0.2) is 85.5 Å². The van der Waals surface area contributed by atoms with E-state index in [-0.39, 0.29) is 5.69 Å². The van der Waals surface area contributed by atoms with E-state index in [1.165, 1.54) is 24.5 Å². The van der Waals surface area contributed by atoms with E-state index in [9.17, 15) is 32.2 Å². The number of hydrogen-bond acceptors (Lipinski definition) is 9. The molecule has 6 rings (SSSR count). The minimum atomic E-state index is -4.50. The number of aromatic nitrogens is 6. The van der Waals surface area contributed by atoms with Crippen LogP contribution in [-0.4, -0.2) is 72.7 Å². The van der Waals surface area contributed by atoms with Crippen molar-refractivity contribution in [3.8, 4) is 11.1 Å². The number of hydrogen-bond donors (Lipinski definition) is 2. The van der Waals surface area contributed by atoms with Crippen LogP contribution in [0.5, 0.6) is 0 Å². The molecule has 1 saturated heterocycles. The molecule has 50 heavy (non-hydrogen) atoms. The first kappa shape index (κ1) is 34.7. The number of anilines is 2. The van der Waals surface area contributed by atoms with E-state index in [1.54, 1.807) is 18.2 Å². The Morgan fingerprint density at radius 2 is 1.42 bits per heavy atom. The highest BCUT2D eigenvalue weighted by Crippen LogP contribution is 2.47. The van der Waals surface area contributed by atoms with Gasteiger partial charge in [0.2, 0.25) is 0 Å². The molecule has 1 aliphatic rings. The predicted molar refractivity (Wildman–Crippen MR) is 166 cm³/mol. The SMILES string of the molecule is OC(CC(F)(F)F)c1ccc(N2CCN(c3ccc(-c4ccc(C(F)(F)[C@](O)(Cn5cnnn5)c5ccc(F)cc5F)nc4)cc3)CC2)cn1. The highest BCUT2D eigenvalue weighted by Gasteiger charge is 2.58. The van der Waals surface area contributed by atoms with E-state index in [4.69, 9.17) is 0 Å². The lowest BCUT2D eigenvalue weighted by Gasteiger charge is -2.37. The minimum absolute atomic E-state index is 0.0498.